The molecule has 0 fully saturated rings. The third kappa shape index (κ3) is 1.90. The van der Waals surface area contributed by atoms with Gasteiger partial charge in [0, 0.05) is 6.08 Å². The van der Waals surface area contributed by atoms with Crippen LogP contribution in [0.15, 0.2) is 17.4 Å². The first-order valence-electron chi connectivity index (χ1n) is 3.04. The Morgan fingerprint density at radius 1 is 1.80 bits per heavy atom. The topological polar surface area (TPSA) is 16.8 Å². The van der Waals surface area contributed by atoms with Crippen LogP contribution in [0.1, 0.15) is 6.92 Å². The minimum Gasteiger partial charge on any atom is -0.170 e. The van der Waals surface area contributed by atoms with Crippen LogP contribution < -0.4 is 5.01 Å². The van der Waals surface area contributed by atoms with Gasteiger partial charge in [-0.25, -0.2) is 0 Å². The van der Waals surface area contributed by atoms with Crippen molar-refractivity contribution >= 4 is 37.6 Å². The fraction of sp³-hybridized carbons (Fsp3) is 0.500. The molecule has 0 amide bonds. The second kappa shape index (κ2) is 3.64. The van der Waals surface area contributed by atoms with Crippen molar-refractivity contribution in [2.75, 3.05) is 5.33 Å². The van der Waals surface area contributed by atoms with E-state index >= 15 is 0 Å². The Kier molecular flexibility index (Phi) is 3.07. The molecule has 0 bridgehead atoms. The molecule has 0 aliphatic carbocycles. The SMILES string of the molecule is CC1=N[NH+](C(Br)CBr)C=C1. The summed E-state index contributed by atoms with van der Waals surface area (Å²) in [6.45, 7) is 2.00. The number of rotatable bonds is 2. The van der Waals surface area contributed by atoms with Crippen LogP contribution in [0.5, 0.6) is 0 Å². The van der Waals surface area contributed by atoms with Crippen LogP contribution >= 0.6 is 31.9 Å². The van der Waals surface area contributed by atoms with Gasteiger partial charge < -0.3 is 0 Å². The molecule has 1 heterocycles. The number of alkyl halides is 2. The molecule has 2 unspecified atom stereocenters. The summed E-state index contributed by atoms with van der Waals surface area (Å²) >= 11 is 6.86. The van der Waals surface area contributed by atoms with E-state index in [1.165, 1.54) is 0 Å². The molecule has 10 heavy (non-hydrogen) atoms. The first kappa shape index (κ1) is 8.43. The minimum atomic E-state index is 0.348. The van der Waals surface area contributed by atoms with Crippen molar-refractivity contribution < 1.29 is 5.01 Å². The monoisotopic (exact) mass is 267 g/mol. The van der Waals surface area contributed by atoms with Gasteiger partial charge in [0.2, 0.25) is 0 Å². The molecule has 1 aliphatic rings. The van der Waals surface area contributed by atoms with Crippen LogP contribution in [0.4, 0.5) is 0 Å². The average molecular weight is 269 g/mol. The highest BCUT2D eigenvalue weighted by molar-refractivity contribution is 9.12. The maximum Gasteiger partial charge on any atom is 0.180 e. The molecule has 0 radical (unpaired) electrons. The molecule has 0 saturated heterocycles. The highest BCUT2D eigenvalue weighted by Gasteiger charge is 2.18. The molecule has 1 aliphatic heterocycles. The zero-order valence-electron chi connectivity index (χ0n) is 5.64. The summed E-state index contributed by atoms with van der Waals surface area (Å²) in [5.74, 6) is 0. The fourth-order valence-electron chi connectivity index (χ4n) is 0.738. The smallest absolute Gasteiger partial charge is 0.170 e. The van der Waals surface area contributed by atoms with Gasteiger partial charge in [-0.3, -0.25) is 0 Å². The van der Waals surface area contributed by atoms with Crippen molar-refractivity contribution in [3.8, 4) is 0 Å². The lowest BCUT2D eigenvalue weighted by atomic mass is 10.4. The van der Waals surface area contributed by atoms with Gasteiger partial charge in [0.15, 0.2) is 4.95 Å². The molecule has 0 aromatic rings. The second-order valence-corrected chi connectivity index (χ2v) is 3.89. The van der Waals surface area contributed by atoms with Gasteiger partial charge in [0.05, 0.1) is 11.0 Å². The Morgan fingerprint density at radius 3 is 2.90 bits per heavy atom. The lowest BCUT2D eigenvalue weighted by Gasteiger charge is -2.08. The van der Waals surface area contributed by atoms with Crippen LogP contribution in [-0.4, -0.2) is 16.0 Å². The quantitative estimate of drug-likeness (QED) is 0.566. The van der Waals surface area contributed by atoms with E-state index in [9.17, 15) is 0 Å². The average Bonchev–Trinajstić information content (AvgIpc) is 2.34. The van der Waals surface area contributed by atoms with E-state index in [0.717, 1.165) is 16.1 Å². The van der Waals surface area contributed by atoms with Gasteiger partial charge in [-0.1, -0.05) is 21.0 Å². The molecule has 1 rings (SSSR count). The van der Waals surface area contributed by atoms with Gasteiger partial charge in [-0.15, -0.1) is 0 Å². The number of hydrogen-bond donors (Lipinski definition) is 1. The minimum absolute atomic E-state index is 0.348. The molecule has 1 N–H and O–H groups in total. The van der Waals surface area contributed by atoms with E-state index in [1.807, 2.05) is 19.2 Å². The number of halogens is 2. The molecular formula is C6H9Br2N2+. The van der Waals surface area contributed by atoms with Gasteiger partial charge in [-0.2, -0.15) is 5.01 Å². The first-order valence-corrected chi connectivity index (χ1v) is 5.08. The summed E-state index contributed by atoms with van der Waals surface area (Å²) in [5.41, 5.74) is 1.08. The Labute approximate surface area is 77.2 Å². The van der Waals surface area contributed by atoms with Crippen LogP contribution in [0.25, 0.3) is 0 Å². The standard InChI is InChI=1S/C6H8Br2N2/c1-5-2-3-10(9-5)6(8)4-7/h2-3,6H,4H2,1H3/p+1. The van der Waals surface area contributed by atoms with Crippen molar-refractivity contribution in [3.63, 3.8) is 0 Å². The third-order valence-corrected chi connectivity index (χ3v) is 3.57. The van der Waals surface area contributed by atoms with E-state index in [4.69, 9.17) is 0 Å². The number of allylic oxidation sites excluding steroid dienone is 1. The summed E-state index contributed by atoms with van der Waals surface area (Å²) in [6, 6.07) is 0. The number of hydrogen-bond acceptors (Lipinski definition) is 1. The van der Waals surface area contributed by atoms with Crippen molar-refractivity contribution in [2.24, 2.45) is 5.10 Å². The van der Waals surface area contributed by atoms with Gasteiger partial charge in [0.25, 0.3) is 0 Å². The Morgan fingerprint density at radius 2 is 2.50 bits per heavy atom. The van der Waals surface area contributed by atoms with Crippen molar-refractivity contribution in [3.05, 3.63) is 12.3 Å². The molecule has 0 aromatic carbocycles. The fourth-order valence-corrected chi connectivity index (χ4v) is 1.32. The number of quaternary nitrogens is 1. The summed E-state index contributed by atoms with van der Waals surface area (Å²) in [6.07, 6.45) is 4.06. The van der Waals surface area contributed by atoms with Crippen LogP contribution in [0.3, 0.4) is 0 Å². The van der Waals surface area contributed by atoms with E-state index in [1.54, 1.807) is 0 Å². The largest absolute Gasteiger partial charge is 0.180 e. The number of nitrogens with one attached hydrogen (secondary N) is 1. The lowest BCUT2D eigenvalue weighted by molar-refractivity contribution is -0.857. The summed E-state index contributed by atoms with van der Waals surface area (Å²) in [7, 11) is 0. The summed E-state index contributed by atoms with van der Waals surface area (Å²) < 4.78 is 0. The Balaban J connectivity index is 2.53. The van der Waals surface area contributed by atoms with E-state index < -0.39 is 0 Å². The molecule has 0 saturated carbocycles. The molecule has 0 spiro atoms. The predicted molar refractivity (Wildman–Crippen MR) is 49.7 cm³/mol. The van der Waals surface area contributed by atoms with Crippen LogP contribution in [-0.2, 0) is 0 Å². The highest BCUT2D eigenvalue weighted by Crippen LogP contribution is 1.96. The van der Waals surface area contributed by atoms with Crippen molar-refractivity contribution in [1.29, 1.82) is 0 Å². The predicted octanol–water partition coefficient (Wildman–Crippen LogP) is 0.890. The highest BCUT2D eigenvalue weighted by atomic mass is 79.9. The lowest BCUT2D eigenvalue weighted by Crippen LogP contribution is -3.05. The van der Waals surface area contributed by atoms with E-state index in [2.05, 4.69) is 37.0 Å². The second-order valence-electron chi connectivity index (χ2n) is 2.13. The van der Waals surface area contributed by atoms with Crippen LogP contribution in [0.2, 0.25) is 0 Å². The Bertz CT molecular complexity index is 177. The molecular weight excluding hydrogens is 260 g/mol. The van der Waals surface area contributed by atoms with E-state index in [0.29, 0.717) is 4.95 Å². The first-order chi connectivity index (χ1) is 4.74. The Hall–Kier alpha value is 0.330. The zero-order valence-corrected chi connectivity index (χ0v) is 8.81. The maximum atomic E-state index is 4.30. The molecule has 0 aromatic heterocycles. The van der Waals surface area contributed by atoms with Crippen molar-refractivity contribution in [2.45, 2.75) is 11.9 Å². The molecule has 4 heteroatoms. The normalized spacial score (nSPS) is 26.7. The van der Waals surface area contributed by atoms with E-state index in [-0.39, 0.29) is 0 Å². The maximum absolute atomic E-state index is 4.30. The summed E-state index contributed by atoms with van der Waals surface area (Å²) in [4.78, 5) is 0.348. The van der Waals surface area contributed by atoms with Gasteiger partial charge in [0.1, 0.15) is 6.20 Å². The zero-order chi connectivity index (χ0) is 7.56. The molecule has 56 valence electrons. The van der Waals surface area contributed by atoms with Gasteiger partial charge >= 0.3 is 0 Å². The molecule has 2 atom stereocenters. The van der Waals surface area contributed by atoms with Crippen molar-refractivity contribution in [1.82, 2.24) is 0 Å². The molecule has 2 nitrogen and oxygen atoms in total. The van der Waals surface area contributed by atoms with Gasteiger partial charge in [-0.05, 0) is 22.9 Å². The van der Waals surface area contributed by atoms with Crippen LogP contribution in [0, 0.1) is 0 Å². The third-order valence-electron chi connectivity index (χ3n) is 1.26. The summed E-state index contributed by atoms with van der Waals surface area (Å²) in [5, 5.41) is 6.32. The number of nitrogens with zero attached hydrogens (tertiary/aromatic N) is 1.